The molecule has 0 saturated heterocycles. The fraction of sp³-hybridized carbons (Fsp3) is 0.286. The van der Waals surface area contributed by atoms with Crippen LogP contribution >= 0.6 is 23.2 Å². The third-order valence-corrected chi connectivity index (χ3v) is 4.38. The van der Waals surface area contributed by atoms with Crippen LogP contribution in [0.25, 0.3) is 0 Å². The first kappa shape index (κ1) is 14.4. The number of halogens is 2. The van der Waals surface area contributed by atoms with E-state index in [0.29, 0.717) is 28.7 Å². The van der Waals surface area contributed by atoms with Gasteiger partial charge in [-0.2, -0.15) is 0 Å². The van der Waals surface area contributed by atoms with Crippen LogP contribution in [0.4, 0.5) is 5.69 Å². The standard InChI is InChI=1S/C14H14Cl2N4O/c1-7-2-3-8(15)13(12(7)16)20-14(21)10-4-9-11(5-17-10)19-6-18-9/h2-3,6,10,17H,4-5H2,1H3,(H,18,19)(H,20,21). The van der Waals surface area contributed by atoms with Crippen molar-refractivity contribution >= 4 is 34.8 Å². The average molecular weight is 325 g/mol. The Morgan fingerprint density at radius 2 is 2.24 bits per heavy atom. The smallest absolute Gasteiger partial charge is 0.242 e. The first-order chi connectivity index (χ1) is 10.1. The van der Waals surface area contributed by atoms with Gasteiger partial charge in [-0.1, -0.05) is 29.3 Å². The Kier molecular flexibility index (Phi) is 3.89. The topological polar surface area (TPSA) is 69.8 Å². The number of carbonyl (C=O) groups is 1. The molecule has 1 aliphatic heterocycles. The number of benzene rings is 1. The van der Waals surface area contributed by atoms with E-state index in [1.54, 1.807) is 12.4 Å². The summed E-state index contributed by atoms with van der Waals surface area (Å²) in [5.41, 5.74) is 3.25. The lowest BCUT2D eigenvalue weighted by molar-refractivity contribution is -0.118. The molecule has 1 aromatic heterocycles. The number of aromatic nitrogens is 2. The van der Waals surface area contributed by atoms with Gasteiger partial charge in [0.05, 0.1) is 39.5 Å². The first-order valence-electron chi connectivity index (χ1n) is 6.56. The lowest BCUT2D eigenvalue weighted by Gasteiger charge is -2.23. The number of rotatable bonds is 2. The molecule has 110 valence electrons. The molecule has 3 rings (SSSR count). The molecule has 0 aliphatic carbocycles. The number of anilines is 1. The van der Waals surface area contributed by atoms with Gasteiger partial charge in [-0.3, -0.25) is 10.1 Å². The van der Waals surface area contributed by atoms with E-state index in [4.69, 9.17) is 23.2 Å². The lowest BCUT2D eigenvalue weighted by Crippen LogP contribution is -2.44. The highest BCUT2D eigenvalue weighted by molar-refractivity contribution is 6.40. The molecule has 1 atom stereocenters. The number of amides is 1. The summed E-state index contributed by atoms with van der Waals surface area (Å²) in [4.78, 5) is 19.6. The Bertz CT molecular complexity index is 698. The molecule has 1 aromatic carbocycles. The Hall–Kier alpha value is -1.56. The fourth-order valence-electron chi connectivity index (χ4n) is 2.34. The molecule has 3 N–H and O–H groups in total. The largest absolute Gasteiger partial charge is 0.347 e. The highest BCUT2D eigenvalue weighted by Gasteiger charge is 2.26. The number of nitrogens with zero attached hydrogens (tertiary/aromatic N) is 1. The minimum absolute atomic E-state index is 0.168. The zero-order valence-electron chi connectivity index (χ0n) is 11.3. The SMILES string of the molecule is Cc1ccc(Cl)c(NC(=O)C2Cc3nc[nH]c3CN2)c1Cl. The Morgan fingerprint density at radius 3 is 3.05 bits per heavy atom. The predicted molar refractivity (Wildman–Crippen MR) is 82.7 cm³/mol. The second-order valence-electron chi connectivity index (χ2n) is 5.01. The van der Waals surface area contributed by atoms with Crippen LogP contribution < -0.4 is 10.6 Å². The molecule has 1 amide bonds. The Balaban J connectivity index is 1.78. The number of H-pyrrole nitrogens is 1. The van der Waals surface area contributed by atoms with Crippen LogP contribution in [0, 0.1) is 6.92 Å². The summed E-state index contributed by atoms with van der Waals surface area (Å²) in [6.07, 6.45) is 2.17. The molecule has 0 saturated carbocycles. The average Bonchev–Trinajstić information content (AvgIpc) is 2.94. The van der Waals surface area contributed by atoms with Crippen molar-refractivity contribution in [3.05, 3.63) is 45.5 Å². The number of aromatic amines is 1. The van der Waals surface area contributed by atoms with Crippen LogP contribution in [-0.4, -0.2) is 21.9 Å². The monoisotopic (exact) mass is 324 g/mol. The summed E-state index contributed by atoms with van der Waals surface area (Å²) in [7, 11) is 0. The number of aryl methyl sites for hydroxylation is 1. The van der Waals surface area contributed by atoms with Crippen LogP contribution in [0.3, 0.4) is 0 Å². The summed E-state index contributed by atoms with van der Waals surface area (Å²) in [6.45, 7) is 2.45. The molecule has 21 heavy (non-hydrogen) atoms. The number of imidazole rings is 1. The van der Waals surface area contributed by atoms with Crippen LogP contribution in [-0.2, 0) is 17.8 Å². The van der Waals surface area contributed by atoms with Crippen LogP contribution in [0.15, 0.2) is 18.5 Å². The van der Waals surface area contributed by atoms with Gasteiger partial charge in [0.15, 0.2) is 0 Å². The van der Waals surface area contributed by atoms with Crippen molar-refractivity contribution in [2.45, 2.75) is 25.9 Å². The van der Waals surface area contributed by atoms with Gasteiger partial charge < -0.3 is 10.3 Å². The molecule has 0 spiro atoms. The minimum atomic E-state index is -0.353. The summed E-state index contributed by atoms with van der Waals surface area (Å²) >= 11 is 12.3. The van der Waals surface area contributed by atoms with Gasteiger partial charge in [0.25, 0.3) is 0 Å². The molecule has 0 fully saturated rings. The molecule has 2 heterocycles. The molecule has 1 aliphatic rings. The van der Waals surface area contributed by atoms with Gasteiger partial charge in [-0.15, -0.1) is 0 Å². The molecule has 1 unspecified atom stereocenters. The van der Waals surface area contributed by atoms with Crippen molar-refractivity contribution in [3.63, 3.8) is 0 Å². The molecule has 2 aromatic rings. The minimum Gasteiger partial charge on any atom is -0.347 e. The van der Waals surface area contributed by atoms with Crippen LogP contribution in [0.5, 0.6) is 0 Å². The van der Waals surface area contributed by atoms with Crippen molar-refractivity contribution in [1.29, 1.82) is 0 Å². The number of hydrogen-bond donors (Lipinski definition) is 3. The maximum absolute atomic E-state index is 12.4. The molecule has 7 heteroatoms. The van der Waals surface area contributed by atoms with E-state index >= 15 is 0 Å². The van der Waals surface area contributed by atoms with Gasteiger partial charge in [-0.25, -0.2) is 4.98 Å². The predicted octanol–water partition coefficient (Wildman–Crippen LogP) is 2.68. The van der Waals surface area contributed by atoms with Crippen LogP contribution in [0.2, 0.25) is 10.0 Å². The van der Waals surface area contributed by atoms with Crippen LogP contribution in [0.1, 0.15) is 17.0 Å². The second-order valence-corrected chi connectivity index (χ2v) is 5.79. The molecular weight excluding hydrogens is 311 g/mol. The van der Waals surface area contributed by atoms with Crippen molar-refractivity contribution in [2.75, 3.05) is 5.32 Å². The van der Waals surface area contributed by atoms with E-state index in [1.807, 2.05) is 13.0 Å². The quantitative estimate of drug-likeness (QED) is 0.795. The molecular formula is C14H14Cl2N4O. The third kappa shape index (κ3) is 2.77. The summed E-state index contributed by atoms with van der Waals surface area (Å²) in [5.74, 6) is -0.168. The van der Waals surface area contributed by atoms with Gasteiger partial charge in [0.2, 0.25) is 5.91 Å². The Morgan fingerprint density at radius 1 is 1.43 bits per heavy atom. The van der Waals surface area contributed by atoms with E-state index in [0.717, 1.165) is 17.0 Å². The molecule has 5 nitrogen and oxygen atoms in total. The van der Waals surface area contributed by atoms with E-state index in [1.165, 1.54) is 0 Å². The number of fused-ring (bicyclic) bond motifs is 1. The zero-order chi connectivity index (χ0) is 15.0. The highest BCUT2D eigenvalue weighted by atomic mass is 35.5. The summed E-state index contributed by atoms with van der Waals surface area (Å²) < 4.78 is 0. The Labute approximate surface area is 132 Å². The fourth-order valence-corrected chi connectivity index (χ4v) is 2.80. The maximum atomic E-state index is 12.4. The zero-order valence-corrected chi connectivity index (χ0v) is 12.8. The van der Waals surface area contributed by atoms with E-state index in [9.17, 15) is 4.79 Å². The lowest BCUT2D eigenvalue weighted by atomic mass is 10.0. The number of nitrogens with one attached hydrogen (secondary N) is 3. The number of carbonyl (C=O) groups excluding carboxylic acids is 1. The second kappa shape index (κ2) is 5.67. The maximum Gasteiger partial charge on any atom is 0.242 e. The van der Waals surface area contributed by atoms with Crippen molar-refractivity contribution in [3.8, 4) is 0 Å². The van der Waals surface area contributed by atoms with Gasteiger partial charge >= 0.3 is 0 Å². The molecule has 0 radical (unpaired) electrons. The highest BCUT2D eigenvalue weighted by Crippen LogP contribution is 2.33. The van der Waals surface area contributed by atoms with Crippen molar-refractivity contribution in [1.82, 2.24) is 15.3 Å². The number of hydrogen-bond acceptors (Lipinski definition) is 3. The van der Waals surface area contributed by atoms with Crippen molar-refractivity contribution in [2.24, 2.45) is 0 Å². The van der Waals surface area contributed by atoms with Gasteiger partial charge in [0, 0.05) is 13.0 Å². The van der Waals surface area contributed by atoms with Gasteiger partial charge in [0.1, 0.15) is 0 Å². The van der Waals surface area contributed by atoms with E-state index < -0.39 is 0 Å². The molecule has 0 bridgehead atoms. The van der Waals surface area contributed by atoms with E-state index in [2.05, 4.69) is 20.6 Å². The first-order valence-corrected chi connectivity index (χ1v) is 7.32. The normalized spacial score (nSPS) is 17.4. The summed E-state index contributed by atoms with van der Waals surface area (Å²) in [6, 6.07) is 3.18. The van der Waals surface area contributed by atoms with Gasteiger partial charge in [-0.05, 0) is 18.6 Å². The van der Waals surface area contributed by atoms with Crippen molar-refractivity contribution < 1.29 is 4.79 Å². The van der Waals surface area contributed by atoms with E-state index in [-0.39, 0.29) is 11.9 Å². The summed E-state index contributed by atoms with van der Waals surface area (Å²) in [5, 5.41) is 6.87. The third-order valence-electron chi connectivity index (χ3n) is 3.58.